The zero-order chi connectivity index (χ0) is 27.1. The third-order valence-electron chi connectivity index (χ3n) is 7.58. The van der Waals surface area contributed by atoms with Crippen LogP contribution in [-0.4, -0.2) is 58.3 Å². The van der Waals surface area contributed by atoms with Crippen LogP contribution in [-0.2, 0) is 9.53 Å². The third kappa shape index (κ3) is 5.11. The standard InChI is InChI=1S/C28H27Cl2FN4O4/c1-2-25(36)35-15-3-4-16(35)10-18(9-15)39-23-11-19-22(12-24(23)38-17-7-8-37-13-17)32-14-33-28(19)34-21-6-5-20(29)26(30)27(21)31/h2,5-6,11-12,14-18H,1,3-4,7-10,13H2,(H,32,33,34)/t15-,16+,17-,18?/m1/s1. The lowest BCUT2D eigenvalue weighted by molar-refractivity contribution is -0.131. The van der Waals surface area contributed by atoms with Crippen LogP contribution in [0.4, 0.5) is 15.9 Å². The molecule has 1 amide bonds. The molecule has 11 heteroatoms. The highest BCUT2D eigenvalue weighted by atomic mass is 35.5. The van der Waals surface area contributed by atoms with Crippen molar-refractivity contribution >= 4 is 51.5 Å². The molecule has 3 fully saturated rings. The summed E-state index contributed by atoms with van der Waals surface area (Å²) in [6.45, 7) is 4.79. The first kappa shape index (κ1) is 26.1. The van der Waals surface area contributed by atoms with Crippen molar-refractivity contribution in [3.63, 3.8) is 0 Å². The van der Waals surface area contributed by atoms with E-state index in [1.54, 1.807) is 0 Å². The number of anilines is 2. The van der Waals surface area contributed by atoms with E-state index in [-0.39, 0.29) is 45.9 Å². The van der Waals surface area contributed by atoms with Crippen molar-refractivity contribution in [2.75, 3.05) is 18.5 Å². The number of amides is 1. The van der Waals surface area contributed by atoms with E-state index >= 15 is 0 Å². The van der Waals surface area contributed by atoms with E-state index in [4.69, 9.17) is 37.4 Å². The van der Waals surface area contributed by atoms with Crippen molar-refractivity contribution < 1.29 is 23.4 Å². The summed E-state index contributed by atoms with van der Waals surface area (Å²) in [7, 11) is 0. The number of rotatable bonds is 7. The van der Waals surface area contributed by atoms with Gasteiger partial charge in [-0.15, -0.1) is 0 Å². The molecule has 4 heterocycles. The first-order valence-corrected chi connectivity index (χ1v) is 13.7. The van der Waals surface area contributed by atoms with E-state index in [9.17, 15) is 9.18 Å². The second-order valence-electron chi connectivity index (χ2n) is 10.0. The SMILES string of the molecule is C=CC(=O)N1[C@@H]2CC[C@H]1CC(Oc1cc3c(Nc4ccc(Cl)c(Cl)c4F)ncnc3cc1O[C@@H]1CCOC1)C2. The Bertz CT molecular complexity index is 1420. The molecule has 2 aromatic carbocycles. The molecule has 4 atom stereocenters. The average molecular weight is 573 g/mol. The van der Waals surface area contributed by atoms with E-state index < -0.39 is 5.82 Å². The number of halogens is 3. The predicted octanol–water partition coefficient (Wildman–Crippen LogP) is 6.07. The van der Waals surface area contributed by atoms with Crippen LogP contribution in [0, 0.1) is 5.82 Å². The molecule has 3 aromatic rings. The molecule has 1 unspecified atom stereocenters. The molecule has 0 aliphatic carbocycles. The number of piperidine rings is 1. The van der Waals surface area contributed by atoms with Crippen LogP contribution in [0.1, 0.15) is 32.1 Å². The average Bonchev–Trinajstić information content (AvgIpc) is 3.54. The third-order valence-corrected chi connectivity index (χ3v) is 8.36. The normalized spacial score (nSPS) is 24.1. The number of aromatic nitrogens is 2. The number of nitrogens with one attached hydrogen (secondary N) is 1. The Morgan fingerprint density at radius 2 is 1.85 bits per heavy atom. The summed E-state index contributed by atoms with van der Waals surface area (Å²) >= 11 is 12.0. The smallest absolute Gasteiger partial charge is 0.246 e. The van der Waals surface area contributed by atoms with Gasteiger partial charge in [-0.2, -0.15) is 0 Å². The predicted molar refractivity (Wildman–Crippen MR) is 147 cm³/mol. The molecule has 39 heavy (non-hydrogen) atoms. The fraction of sp³-hybridized carbons (Fsp3) is 0.393. The number of hydrogen-bond acceptors (Lipinski definition) is 7. The Kier molecular flexibility index (Phi) is 7.22. The van der Waals surface area contributed by atoms with Crippen molar-refractivity contribution in [3.05, 3.63) is 59.1 Å². The van der Waals surface area contributed by atoms with Gasteiger partial charge < -0.3 is 24.4 Å². The zero-order valence-electron chi connectivity index (χ0n) is 21.0. The van der Waals surface area contributed by atoms with Crippen LogP contribution in [0.25, 0.3) is 10.9 Å². The minimum atomic E-state index is -0.676. The Balaban J connectivity index is 1.34. The second-order valence-corrected chi connectivity index (χ2v) is 10.8. The first-order chi connectivity index (χ1) is 18.9. The van der Waals surface area contributed by atoms with E-state index in [0.717, 1.165) is 19.3 Å². The number of carbonyl (C=O) groups excluding carboxylic acids is 1. The fourth-order valence-electron chi connectivity index (χ4n) is 5.75. The van der Waals surface area contributed by atoms with Crippen LogP contribution in [0.2, 0.25) is 10.0 Å². The number of nitrogens with zero attached hydrogens (tertiary/aromatic N) is 3. The Morgan fingerprint density at radius 3 is 2.56 bits per heavy atom. The van der Waals surface area contributed by atoms with Gasteiger partial charge >= 0.3 is 0 Å². The molecule has 6 rings (SSSR count). The van der Waals surface area contributed by atoms with Crippen LogP contribution in [0.3, 0.4) is 0 Å². The summed E-state index contributed by atoms with van der Waals surface area (Å²) in [6, 6.07) is 6.88. The minimum absolute atomic E-state index is 0.0284. The van der Waals surface area contributed by atoms with Gasteiger partial charge in [0.15, 0.2) is 17.3 Å². The molecule has 3 aliphatic rings. The van der Waals surface area contributed by atoms with Gasteiger partial charge in [0, 0.05) is 42.8 Å². The first-order valence-electron chi connectivity index (χ1n) is 13.0. The number of hydrogen-bond donors (Lipinski definition) is 1. The summed E-state index contributed by atoms with van der Waals surface area (Å²) in [5.74, 6) is 0.767. The van der Waals surface area contributed by atoms with Gasteiger partial charge in [-0.3, -0.25) is 4.79 Å². The van der Waals surface area contributed by atoms with Gasteiger partial charge in [0.05, 0.1) is 34.5 Å². The largest absolute Gasteiger partial charge is 0.486 e. The summed E-state index contributed by atoms with van der Waals surface area (Å²) < 4.78 is 33.2. The Hall–Kier alpha value is -3.14. The lowest BCUT2D eigenvalue weighted by Crippen LogP contribution is -2.48. The molecular weight excluding hydrogens is 546 g/mol. The molecule has 8 nitrogen and oxygen atoms in total. The van der Waals surface area contributed by atoms with Crippen molar-refractivity contribution in [1.29, 1.82) is 0 Å². The monoisotopic (exact) mass is 572 g/mol. The summed E-state index contributed by atoms with van der Waals surface area (Å²) in [4.78, 5) is 23.1. The van der Waals surface area contributed by atoms with Gasteiger partial charge in [0.25, 0.3) is 0 Å². The van der Waals surface area contributed by atoms with Crippen molar-refractivity contribution in [3.8, 4) is 11.5 Å². The molecule has 0 spiro atoms. The van der Waals surface area contributed by atoms with Crippen LogP contribution in [0.15, 0.2) is 43.2 Å². The number of ether oxygens (including phenoxy) is 3. The molecule has 204 valence electrons. The molecule has 0 saturated carbocycles. The maximum Gasteiger partial charge on any atom is 0.246 e. The molecule has 0 radical (unpaired) electrons. The van der Waals surface area contributed by atoms with Crippen LogP contribution >= 0.6 is 23.2 Å². The van der Waals surface area contributed by atoms with E-state index in [1.165, 1.54) is 24.5 Å². The molecular formula is C28H27Cl2FN4O4. The number of carbonyl (C=O) groups is 1. The van der Waals surface area contributed by atoms with Gasteiger partial charge in [0.2, 0.25) is 5.91 Å². The molecule has 2 bridgehead atoms. The number of benzene rings is 2. The van der Waals surface area contributed by atoms with E-state index in [1.807, 2.05) is 17.0 Å². The maximum absolute atomic E-state index is 14.8. The van der Waals surface area contributed by atoms with Crippen LogP contribution in [0.5, 0.6) is 11.5 Å². The fourth-order valence-corrected chi connectivity index (χ4v) is 6.06. The van der Waals surface area contributed by atoms with Gasteiger partial charge in [0.1, 0.15) is 24.4 Å². The quantitative estimate of drug-likeness (QED) is 0.271. The van der Waals surface area contributed by atoms with Gasteiger partial charge in [-0.05, 0) is 37.1 Å². The second kappa shape index (κ2) is 10.8. The lowest BCUT2D eigenvalue weighted by atomic mass is 9.99. The lowest BCUT2D eigenvalue weighted by Gasteiger charge is -2.38. The summed E-state index contributed by atoms with van der Waals surface area (Å²) in [5, 5.41) is 3.59. The Labute approximate surface area is 235 Å². The highest BCUT2D eigenvalue weighted by Gasteiger charge is 2.43. The Morgan fingerprint density at radius 1 is 1.10 bits per heavy atom. The highest BCUT2D eigenvalue weighted by Crippen LogP contribution is 2.42. The highest BCUT2D eigenvalue weighted by molar-refractivity contribution is 6.42. The van der Waals surface area contributed by atoms with Crippen molar-refractivity contribution in [2.24, 2.45) is 0 Å². The van der Waals surface area contributed by atoms with Gasteiger partial charge in [-0.1, -0.05) is 29.8 Å². The minimum Gasteiger partial charge on any atom is -0.486 e. The maximum atomic E-state index is 14.8. The zero-order valence-corrected chi connectivity index (χ0v) is 22.6. The molecule has 1 N–H and O–H groups in total. The van der Waals surface area contributed by atoms with E-state index in [2.05, 4.69) is 21.9 Å². The molecule has 3 saturated heterocycles. The molecule has 3 aliphatic heterocycles. The van der Waals surface area contributed by atoms with Crippen LogP contribution < -0.4 is 14.8 Å². The van der Waals surface area contributed by atoms with Gasteiger partial charge in [-0.25, -0.2) is 14.4 Å². The summed E-state index contributed by atoms with van der Waals surface area (Å²) in [6.07, 6.45) is 6.67. The van der Waals surface area contributed by atoms with Crippen molar-refractivity contribution in [2.45, 2.75) is 56.4 Å². The van der Waals surface area contributed by atoms with E-state index in [0.29, 0.717) is 54.3 Å². The summed E-state index contributed by atoms with van der Waals surface area (Å²) in [5.41, 5.74) is 0.729. The van der Waals surface area contributed by atoms with Crippen molar-refractivity contribution in [1.82, 2.24) is 14.9 Å². The number of fused-ring (bicyclic) bond motifs is 3. The molecule has 1 aromatic heterocycles. The topological polar surface area (TPSA) is 85.8 Å².